The molecule has 2 rings (SSSR count). The van der Waals surface area contributed by atoms with Gasteiger partial charge in [0.15, 0.2) is 0 Å². The summed E-state index contributed by atoms with van der Waals surface area (Å²) in [5.74, 6) is 0.860. The lowest BCUT2D eigenvalue weighted by atomic mass is 10.3. The second-order valence-corrected chi connectivity index (χ2v) is 7.27. The maximum atomic E-state index is 6.11. The molecule has 2 aromatic rings. The maximum absolute atomic E-state index is 6.11. The van der Waals surface area contributed by atoms with Crippen molar-refractivity contribution in [2.75, 3.05) is 5.75 Å². The van der Waals surface area contributed by atoms with E-state index in [1.165, 1.54) is 4.90 Å². The molecule has 1 atom stereocenters. The van der Waals surface area contributed by atoms with Gasteiger partial charge in [0.1, 0.15) is 0 Å². The van der Waals surface area contributed by atoms with Gasteiger partial charge < -0.3 is 5.73 Å². The molecule has 1 unspecified atom stereocenters. The molecule has 0 saturated heterocycles. The highest BCUT2D eigenvalue weighted by atomic mass is 79.9. The molecule has 1 heterocycles. The Hall–Kier alpha value is -0.0000000000000000278. The van der Waals surface area contributed by atoms with Crippen LogP contribution < -0.4 is 5.73 Å². The van der Waals surface area contributed by atoms with Gasteiger partial charge in [-0.05, 0) is 36.4 Å². The van der Waals surface area contributed by atoms with Crippen molar-refractivity contribution < 1.29 is 0 Å². The van der Waals surface area contributed by atoms with Crippen LogP contribution in [0.15, 0.2) is 45.8 Å². The van der Waals surface area contributed by atoms with Crippen LogP contribution in [0.2, 0.25) is 4.34 Å². The summed E-state index contributed by atoms with van der Waals surface area (Å²) in [4.78, 5) is 2.37. The quantitative estimate of drug-likeness (QED) is 0.791. The number of thioether (sulfide) groups is 1. The highest BCUT2D eigenvalue weighted by Crippen LogP contribution is 2.30. The van der Waals surface area contributed by atoms with E-state index in [4.69, 9.17) is 17.3 Å². The molecule has 0 saturated carbocycles. The standard InChI is InChI=1S/C12H11BrClNS2/c13-8-1-3-9(4-2-8)16-7-10(15)11-5-6-12(14)17-11/h1-6,10H,7,15H2. The van der Waals surface area contributed by atoms with Gasteiger partial charge in [-0.2, -0.15) is 0 Å². The first-order chi connectivity index (χ1) is 8.15. The molecule has 0 aliphatic rings. The Morgan fingerprint density at radius 1 is 1.24 bits per heavy atom. The molecule has 0 aliphatic carbocycles. The van der Waals surface area contributed by atoms with E-state index in [2.05, 4.69) is 28.1 Å². The van der Waals surface area contributed by atoms with Crippen molar-refractivity contribution in [1.29, 1.82) is 0 Å². The second kappa shape index (κ2) is 6.25. The van der Waals surface area contributed by atoms with Crippen molar-refractivity contribution in [3.8, 4) is 0 Å². The zero-order chi connectivity index (χ0) is 12.3. The third-order valence-corrected chi connectivity index (χ3v) is 5.23. The summed E-state index contributed by atoms with van der Waals surface area (Å²) in [5.41, 5.74) is 6.11. The van der Waals surface area contributed by atoms with E-state index < -0.39 is 0 Å². The lowest BCUT2D eigenvalue weighted by molar-refractivity contribution is 0.852. The normalized spacial score (nSPS) is 12.6. The van der Waals surface area contributed by atoms with Gasteiger partial charge in [-0.25, -0.2) is 0 Å². The highest BCUT2D eigenvalue weighted by Gasteiger charge is 2.09. The van der Waals surface area contributed by atoms with Crippen molar-refractivity contribution in [2.45, 2.75) is 10.9 Å². The highest BCUT2D eigenvalue weighted by molar-refractivity contribution is 9.10. The zero-order valence-corrected chi connectivity index (χ0v) is 12.9. The van der Waals surface area contributed by atoms with Crippen LogP contribution in [0.1, 0.15) is 10.9 Å². The molecular weight excluding hydrogens is 338 g/mol. The number of benzene rings is 1. The lowest BCUT2D eigenvalue weighted by Gasteiger charge is -2.08. The Bertz CT molecular complexity index is 484. The largest absolute Gasteiger partial charge is 0.323 e. The van der Waals surface area contributed by atoms with Gasteiger partial charge in [0.25, 0.3) is 0 Å². The molecule has 17 heavy (non-hydrogen) atoms. The Balaban J connectivity index is 1.92. The third-order valence-electron chi connectivity index (χ3n) is 2.20. The Morgan fingerprint density at radius 2 is 1.94 bits per heavy atom. The number of rotatable bonds is 4. The topological polar surface area (TPSA) is 26.0 Å². The molecule has 0 bridgehead atoms. The first-order valence-electron chi connectivity index (χ1n) is 5.04. The lowest BCUT2D eigenvalue weighted by Crippen LogP contribution is -2.11. The van der Waals surface area contributed by atoms with Gasteiger partial charge >= 0.3 is 0 Å². The van der Waals surface area contributed by atoms with Crippen LogP contribution in [-0.2, 0) is 0 Å². The summed E-state index contributed by atoms with van der Waals surface area (Å²) < 4.78 is 1.89. The van der Waals surface area contributed by atoms with Gasteiger partial charge in [-0.3, -0.25) is 0 Å². The second-order valence-electron chi connectivity index (χ2n) is 3.51. The molecule has 90 valence electrons. The van der Waals surface area contributed by atoms with Crippen molar-refractivity contribution in [3.63, 3.8) is 0 Å². The minimum absolute atomic E-state index is 0.0427. The fraction of sp³-hybridized carbons (Fsp3) is 0.167. The van der Waals surface area contributed by atoms with Crippen LogP contribution in [-0.4, -0.2) is 5.75 Å². The first-order valence-corrected chi connectivity index (χ1v) is 8.01. The van der Waals surface area contributed by atoms with Gasteiger partial charge in [0, 0.05) is 26.0 Å². The van der Waals surface area contributed by atoms with Gasteiger partial charge in [0.05, 0.1) is 4.34 Å². The smallest absolute Gasteiger partial charge is 0.0931 e. The summed E-state index contributed by atoms with van der Waals surface area (Å²) in [5, 5.41) is 0. The van der Waals surface area contributed by atoms with E-state index in [9.17, 15) is 0 Å². The minimum atomic E-state index is 0.0427. The molecule has 0 aliphatic heterocycles. The van der Waals surface area contributed by atoms with E-state index in [0.717, 1.165) is 19.4 Å². The van der Waals surface area contributed by atoms with Crippen LogP contribution in [0, 0.1) is 0 Å². The zero-order valence-electron chi connectivity index (χ0n) is 8.90. The van der Waals surface area contributed by atoms with Crippen LogP contribution in [0.3, 0.4) is 0 Å². The number of halogens is 2. The summed E-state index contributed by atoms with van der Waals surface area (Å²) >= 11 is 12.6. The molecular formula is C12H11BrClNS2. The fourth-order valence-corrected chi connectivity index (χ4v) is 3.64. The first kappa shape index (κ1) is 13.4. The van der Waals surface area contributed by atoms with E-state index in [1.54, 1.807) is 23.1 Å². The summed E-state index contributed by atoms with van der Waals surface area (Å²) in [7, 11) is 0. The summed E-state index contributed by atoms with van der Waals surface area (Å²) in [6.45, 7) is 0. The average molecular weight is 349 g/mol. The van der Waals surface area contributed by atoms with Gasteiger partial charge in [-0.15, -0.1) is 23.1 Å². The predicted molar refractivity (Wildman–Crippen MR) is 81.1 cm³/mol. The van der Waals surface area contributed by atoms with Crippen LogP contribution in [0.25, 0.3) is 0 Å². The predicted octanol–water partition coefficient (Wildman–Crippen LogP) is 4.96. The van der Waals surface area contributed by atoms with Crippen LogP contribution in [0.5, 0.6) is 0 Å². The summed E-state index contributed by atoms with van der Waals surface area (Å²) in [6.07, 6.45) is 0. The number of nitrogens with two attached hydrogens (primary N) is 1. The average Bonchev–Trinajstić information content (AvgIpc) is 2.75. The Labute approximate surface area is 122 Å². The molecule has 1 aromatic carbocycles. The van der Waals surface area contributed by atoms with Crippen LogP contribution in [0.4, 0.5) is 0 Å². The number of hydrogen-bond donors (Lipinski definition) is 1. The van der Waals surface area contributed by atoms with E-state index in [0.29, 0.717) is 0 Å². The third kappa shape index (κ3) is 4.00. The fourth-order valence-electron chi connectivity index (χ4n) is 1.33. The van der Waals surface area contributed by atoms with E-state index in [-0.39, 0.29) is 6.04 Å². The van der Waals surface area contributed by atoms with Crippen molar-refractivity contribution in [1.82, 2.24) is 0 Å². The SMILES string of the molecule is NC(CSc1ccc(Br)cc1)c1ccc(Cl)s1. The molecule has 1 aromatic heterocycles. The molecule has 0 spiro atoms. The minimum Gasteiger partial charge on any atom is -0.323 e. The molecule has 1 nitrogen and oxygen atoms in total. The molecule has 0 fully saturated rings. The van der Waals surface area contributed by atoms with E-state index >= 15 is 0 Å². The molecule has 5 heteroatoms. The molecule has 2 N–H and O–H groups in total. The van der Waals surface area contributed by atoms with Crippen molar-refractivity contribution in [3.05, 3.63) is 50.1 Å². The Kier molecular flexibility index (Phi) is 4.94. The number of thiophene rings is 1. The molecule has 0 radical (unpaired) electrons. The van der Waals surface area contributed by atoms with E-state index in [1.807, 2.05) is 24.3 Å². The monoisotopic (exact) mass is 347 g/mol. The van der Waals surface area contributed by atoms with Crippen molar-refractivity contribution >= 4 is 50.6 Å². The van der Waals surface area contributed by atoms with Gasteiger partial charge in [0.2, 0.25) is 0 Å². The Morgan fingerprint density at radius 3 is 2.53 bits per heavy atom. The van der Waals surface area contributed by atoms with Gasteiger partial charge in [-0.1, -0.05) is 27.5 Å². The van der Waals surface area contributed by atoms with Crippen molar-refractivity contribution in [2.24, 2.45) is 5.73 Å². The maximum Gasteiger partial charge on any atom is 0.0931 e. The van der Waals surface area contributed by atoms with Crippen LogP contribution >= 0.6 is 50.6 Å². The molecule has 0 amide bonds. The summed E-state index contributed by atoms with van der Waals surface area (Å²) in [6, 6.07) is 12.2. The number of hydrogen-bond acceptors (Lipinski definition) is 3.